The van der Waals surface area contributed by atoms with Crippen molar-refractivity contribution < 1.29 is 4.42 Å². The number of para-hydroxylation sites is 1. The van der Waals surface area contributed by atoms with Crippen LogP contribution < -0.4 is 5.56 Å². The Bertz CT molecular complexity index is 775. The summed E-state index contributed by atoms with van der Waals surface area (Å²) in [5.74, 6) is 0.372. The van der Waals surface area contributed by atoms with Crippen LogP contribution in [0.2, 0.25) is 0 Å². The number of aromatic nitrogens is 1. The summed E-state index contributed by atoms with van der Waals surface area (Å²) in [5, 5.41) is 0.509. The molecule has 0 saturated carbocycles. The molecule has 0 aliphatic heterocycles. The highest BCUT2D eigenvalue weighted by atomic mass is 16.3. The largest absolute Gasteiger partial charge is 0.437 e. The molecule has 3 nitrogen and oxygen atoms in total. The first kappa shape index (κ1) is 10.7. The molecule has 0 saturated heterocycles. The number of rotatable bonds is 1. The number of nitrogens with zero attached hydrogens (tertiary/aromatic N) is 1. The molecule has 1 heterocycles. The molecule has 0 aliphatic rings. The molecule has 18 heavy (non-hydrogen) atoms. The monoisotopic (exact) mass is 237 g/mol. The minimum atomic E-state index is -0.255. The third kappa shape index (κ3) is 1.70. The fourth-order valence-corrected chi connectivity index (χ4v) is 1.94. The number of benzene rings is 2. The average Bonchev–Trinajstić information content (AvgIpc) is 2.39. The van der Waals surface area contributed by atoms with Crippen LogP contribution in [0.4, 0.5) is 0 Å². The molecule has 88 valence electrons. The van der Waals surface area contributed by atoms with Crippen molar-refractivity contribution in [1.29, 1.82) is 0 Å². The summed E-state index contributed by atoms with van der Waals surface area (Å²) in [6.07, 6.45) is 0. The summed E-state index contributed by atoms with van der Waals surface area (Å²) in [6.45, 7) is 1.96. The number of hydrogen-bond donors (Lipinski definition) is 0. The second kappa shape index (κ2) is 4.11. The van der Waals surface area contributed by atoms with Crippen LogP contribution in [0, 0.1) is 6.92 Å². The average molecular weight is 237 g/mol. The molecule has 3 aromatic rings. The van der Waals surface area contributed by atoms with E-state index >= 15 is 0 Å². The normalized spacial score (nSPS) is 10.7. The van der Waals surface area contributed by atoms with E-state index in [0.29, 0.717) is 16.9 Å². The zero-order valence-corrected chi connectivity index (χ0v) is 9.88. The van der Waals surface area contributed by atoms with Gasteiger partial charge in [-0.1, -0.05) is 30.3 Å². The van der Waals surface area contributed by atoms with Crippen molar-refractivity contribution in [2.45, 2.75) is 6.92 Å². The molecule has 0 N–H and O–H groups in total. The minimum absolute atomic E-state index is 0.255. The molecule has 0 amide bonds. The summed E-state index contributed by atoms with van der Waals surface area (Å²) in [6, 6.07) is 14.8. The molecule has 0 aliphatic carbocycles. The van der Waals surface area contributed by atoms with Crippen LogP contribution in [0.5, 0.6) is 0 Å². The summed E-state index contributed by atoms with van der Waals surface area (Å²) in [5.41, 5.74) is 2.19. The summed E-state index contributed by atoms with van der Waals surface area (Å²) >= 11 is 0. The third-order valence-corrected chi connectivity index (χ3v) is 2.90. The van der Waals surface area contributed by atoms with Crippen molar-refractivity contribution >= 4 is 11.0 Å². The molecular weight excluding hydrogens is 226 g/mol. The van der Waals surface area contributed by atoms with Crippen LogP contribution >= 0.6 is 0 Å². The van der Waals surface area contributed by atoms with E-state index < -0.39 is 0 Å². The lowest BCUT2D eigenvalue weighted by atomic mass is 10.1. The van der Waals surface area contributed by atoms with Gasteiger partial charge in [0.15, 0.2) is 0 Å². The van der Waals surface area contributed by atoms with Gasteiger partial charge < -0.3 is 4.42 Å². The van der Waals surface area contributed by atoms with Gasteiger partial charge in [0, 0.05) is 5.56 Å². The molecule has 0 radical (unpaired) electrons. The van der Waals surface area contributed by atoms with E-state index in [0.717, 1.165) is 11.1 Å². The topological polar surface area (TPSA) is 43.1 Å². The van der Waals surface area contributed by atoms with Gasteiger partial charge in [0.25, 0.3) is 5.56 Å². The van der Waals surface area contributed by atoms with Gasteiger partial charge in [0.05, 0.1) is 5.39 Å². The lowest BCUT2D eigenvalue weighted by Crippen LogP contribution is -2.07. The summed E-state index contributed by atoms with van der Waals surface area (Å²) < 4.78 is 5.70. The number of fused-ring (bicyclic) bond motifs is 1. The second-order valence-corrected chi connectivity index (χ2v) is 4.14. The predicted octanol–water partition coefficient (Wildman–Crippen LogP) is 3.16. The van der Waals surface area contributed by atoms with Crippen molar-refractivity contribution in [2.75, 3.05) is 0 Å². The minimum Gasteiger partial charge on any atom is -0.437 e. The van der Waals surface area contributed by atoms with Gasteiger partial charge in [0.2, 0.25) is 5.89 Å². The first-order valence-corrected chi connectivity index (χ1v) is 5.71. The molecule has 0 spiro atoms. The van der Waals surface area contributed by atoms with Crippen LogP contribution in [0.3, 0.4) is 0 Å². The molecule has 2 aromatic carbocycles. The fraction of sp³-hybridized carbons (Fsp3) is 0.0667. The zero-order chi connectivity index (χ0) is 12.5. The van der Waals surface area contributed by atoms with Gasteiger partial charge in [-0.2, -0.15) is 4.98 Å². The van der Waals surface area contributed by atoms with Crippen LogP contribution in [0.1, 0.15) is 5.56 Å². The predicted molar refractivity (Wildman–Crippen MR) is 70.5 cm³/mol. The fourth-order valence-electron chi connectivity index (χ4n) is 1.94. The Kier molecular flexibility index (Phi) is 2.45. The Hall–Kier alpha value is -2.42. The maximum atomic E-state index is 11.9. The highest BCUT2D eigenvalue weighted by Gasteiger charge is 2.09. The highest BCUT2D eigenvalue weighted by Crippen LogP contribution is 2.22. The summed E-state index contributed by atoms with van der Waals surface area (Å²) in [7, 11) is 0. The van der Waals surface area contributed by atoms with Crippen LogP contribution in [-0.4, -0.2) is 4.98 Å². The molecule has 0 atom stereocenters. The highest BCUT2D eigenvalue weighted by molar-refractivity contribution is 5.76. The maximum absolute atomic E-state index is 11.9. The molecule has 0 unspecified atom stereocenters. The molecule has 1 aromatic heterocycles. The summed E-state index contributed by atoms with van der Waals surface area (Å²) in [4.78, 5) is 15.9. The van der Waals surface area contributed by atoms with Crippen molar-refractivity contribution in [1.82, 2.24) is 4.98 Å². The van der Waals surface area contributed by atoms with E-state index in [-0.39, 0.29) is 5.56 Å². The molecule has 3 rings (SSSR count). The van der Waals surface area contributed by atoms with E-state index in [1.165, 1.54) is 0 Å². The van der Waals surface area contributed by atoms with E-state index in [1.54, 1.807) is 18.2 Å². The molecular formula is C15H11NO2. The zero-order valence-electron chi connectivity index (χ0n) is 9.88. The number of hydrogen-bond acceptors (Lipinski definition) is 3. The van der Waals surface area contributed by atoms with Gasteiger partial charge in [-0.25, -0.2) is 0 Å². The van der Waals surface area contributed by atoms with Gasteiger partial charge >= 0.3 is 0 Å². The maximum Gasteiger partial charge on any atom is 0.284 e. The molecule has 0 fully saturated rings. The number of aryl methyl sites for hydroxylation is 1. The first-order valence-electron chi connectivity index (χ1n) is 5.71. The van der Waals surface area contributed by atoms with Gasteiger partial charge in [-0.3, -0.25) is 4.79 Å². The van der Waals surface area contributed by atoms with Crippen LogP contribution in [-0.2, 0) is 0 Å². The quantitative estimate of drug-likeness (QED) is 0.653. The Morgan fingerprint density at radius 3 is 2.56 bits per heavy atom. The van der Waals surface area contributed by atoms with Gasteiger partial charge in [-0.15, -0.1) is 0 Å². The van der Waals surface area contributed by atoms with E-state index in [2.05, 4.69) is 4.98 Å². The van der Waals surface area contributed by atoms with E-state index in [1.807, 2.05) is 37.3 Å². The Morgan fingerprint density at radius 2 is 1.72 bits per heavy atom. The van der Waals surface area contributed by atoms with Crippen molar-refractivity contribution in [3.05, 3.63) is 64.4 Å². The Labute approximate surface area is 104 Å². The SMILES string of the molecule is Cc1ccccc1-c1nc(=O)c2ccccc2o1. The molecule has 3 heteroatoms. The van der Waals surface area contributed by atoms with Crippen molar-refractivity contribution in [3.8, 4) is 11.5 Å². The second-order valence-electron chi connectivity index (χ2n) is 4.14. The lowest BCUT2D eigenvalue weighted by Gasteiger charge is -2.04. The standard InChI is InChI=1S/C15H11NO2/c1-10-6-2-3-7-11(10)15-16-14(17)12-8-4-5-9-13(12)18-15/h2-9H,1H3. The smallest absolute Gasteiger partial charge is 0.284 e. The van der Waals surface area contributed by atoms with Crippen LogP contribution in [0.15, 0.2) is 57.7 Å². The lowest BCUT2D eigenvalue weighted by molar-refractivity contribution is 0.594. The van der Waals surface area contributed by atoms with Crippen molar-refractivity contribution in [2.24, 2.45) is 0 Å². The van der Waals surface area contributed by atoms with Crippen LogP contribution in [0.25, 0.3) is 22.4 Å². The Balaban J connectivity index is 2.32. The first-order chi connectivity index (χ1) is 8.75. The third-order valence-electron chi connectivity index (χ3n) is 2.90. The Morgan fingerprint density at radius 1 is 1.00 bits per heavy atom. The van der Waals surface area contributed by atoms with Gasteiger partial charge in [0.1, 0.15) is 5.58 Å². The van der Waals surface area contributed by atoms with Gasteiger partial charge in [-0.05, 0) is 30.7 Å². The van der Waals surface area contributed by atoms with Crippen molar-refractivity contribution in [3.63, 3.8) is 0 Å². The van der Waals surface area contributed by atoms with E-state index in [9.17, 15) is 4.79 Å². The molecule has 0 bridgehead atoms. The van der Waals surface area contributed by atoms with E-state index in [4.69, 9.17) is 4.42 Å².